The maximum Gasteiger partial charge on any atom is 0.139 e. The molecule has 1 heterocycles. The van der Waals surface area contributed by atoms with Gasteiger partial charge in [0, 0.05) is 26.2 Å². The molecule has 1 aromatic carbocycles. The minimum Gasteiger partial charge on any atom is -0.506 e. The van der Waals surface area contributed by atoms with E-state index >= 15 is 0 Å². The summed E-state index contributed by atoms with van der Waals surface area (Å²) in [6.45, 7) is 6.07. The number of benzene rings is 1. The van der Waals surface area contributed by atoms with E-state index in [4.69, 9.17) is 0 Å². The van der Waals surface area contributed by atoms with Crippen molar-refractivity contribution in [2.24, 2.45) is 0 Å². The van der Waals surface area contributed by atoms with Crippen LogP contribution in [0.15, 0.2) is 18.2 Å². The van der Waals surface area contributed by atoms with Crippen LogP contribution < -0.4 is 10.2 Å². The second-order valence-corrected chi connectivity index (χ2v) is 3.88. The van der Waals surface area contributed by atoms with E-state index in [0.29, 0.717) is 5.75 Å². The summed E-state index contributed by atoms with van der Waals surface area (Å²) in [6.07, 6.45) is 0.966. The van der Waals surface area contributed by atoms with Crippen LogP contribution >= 0.6 is 0 Å². The summed E-state index contributed by atoms with van der Waals surface area (Å²) in [5, 5.41) is 13.2. The molecule has 0 aliphatic carbocycles. The minimum absolute atomic E-state index is 0.413. The Labute approximate surface area is 90.7 Å². The van der Waals surface area contributed by atoms with Crippen molar-refractivity contribution in [2.75, 3.05) is 31.1 Å². The van der Waals surface area contributed by atoms with Gasteiger partial charge in [0.2, 0.25) is 0 Å². The van der Waals surface area contributed by atoms with Crippen LogP contribution in [0.3, 0.4) is 0 Å². The number of phenolic OH excluding ortho intramolecular Hbond substituents is 1. The number of phenols is 1. The van der Waals surface area contributed by atoms with Gasteiger partial charge in [-0.2, -0.15) is 0 Å². The first-order chi connectivity index (χ1) is 7.33. The Morgan fingerprint density at radius 1 is 1.33 bits per heavy atom. The van der Waals surface area contributed by atoms with Crippen molar-refractivity contribution in [3.8, 4) is 5.75 Å². The molecular formula is C12H18N2O. The van der Waals surface area contributed by atoms with Crippen molar-refractivity contribution < 1.29 is 5.11 Å². The molecule has 1 aliphatic heterocycles. The van der Waals surface area contributed by atoms with Crippen LogP contribution in [0.4, 0.5) is 5.69 Å². The Morgan fingerprint density at radius 2 is 2.07 bits per heavy atom. The summed E-state index contributed by atoms with van der Waals surface area (Å²) in [5.41, 5.74) is 2.26. The third-order valence-electron chi connectivity index (χ3n) is 2.91. The highest BCUT2D eigenvalue weighted by Gasteiger charge is 2.16. The Balaban J connectivity index is 2.31. The predicted molar refractivity (Wildman–Crippen MR) is 62.6 cm³/mol. The van der Waals surface area contributed by atoms with Crippen LogP contribution in [-0.4, -0.2) is 31.3 Å². The average molecular weight is 206 g/mol. The molecule has 0 aromatic heterocycles. The molecular weight excluding hydrogens is 188 g/mol. The number of nitrogens with zero attached hydrogens (tertiary/aromatic N) is 1. The number of aryl methyl sites for hydroxylation is 1. The normalized spacial score (nSPS) is 16.7. The van der Waals surface area contributed by atoms with E-state index in [0.717, 1.165) is 38.3 Å². The molecule has 0 atom stereocenters. The lowest BCUT2D eigenvalue weighted by atomic mass is 10.1. The molecule has 1 aliphatic rings. The summed E-state index contributed by atoms with van der Waals surface area (Å²) < 4.78 is 0. The van der Waals surface area contributed by atoms with Gasteiger partial charge < -0.3 is 15.3 Å². The number of hydrogen-bond donors (Lipinski definition) is 2. The molecule has 1 saturated heterocycles. The molecule has 2 rings (SSSR count). The first kappa shape index (κ1) is 10.3. The predicted octanol–water partition coefficient (Wildman–Crippen LogP) is 1.36. The van der Waals surface area contributed by atoms with Crippen molar-refractivity contribution in [3.63, 3.8) is 0 Å². The first-order valence-electron chi connectivity index (χ1n) is 5.59. The van der Waals surface area contributed by atoms with E-state index in [1.165, 1.54) is 5.56 Å². The average Bonchev–Trinajstić information content (AvgIpc) is 2.29. The second kappa shape index (κ2) is 4.53. The zero-order chi connectivity index (χ0) is 10.7. The lowest BCUT2D eigenvalue weighted by Crippen LogP contribution is -2.43. The highest BCUT2D eigenvalue weighted by atomic mass is 16.3. The summed E-state index contributed by atoms with van der Waals surface area (Å²) in [4.78, 5) is 2.27. The molecule has 1 aromatic rings. The standard InChI is InChI=1S/C12H18N2O/c1-2-10-4-3-5-11(15)12(10)14-8-6-13-7-9-14/h3-5,13,15H,2,6-9H2,1H3. The number of aromatic hydroxyl groups is 1. The van der Waals surface area contributed by atoms with Gasteiger partial charge in [-0.1, -0.05) is 19.1 Å². The van der Waals surface area contributed by atoms with E-state index in [-0.39, 0.29) is 0 Å². The summed E-state index contributed by atoms with van der Waals surface area (Å²) in [7, 11) is 0. The highest BCUT2D eigenvalue weighted by molar-refractivity contribution is 5.63. The van der Waals surface area contributed by atoms with Crippen LogP contribution in [0.5, 0.6) is 5.75 Å². The Morgan fingerprint density at radius 3 is 2.73 bits per heavy atom. The number of anilines is 1. The first-order valence-corrected chi connectivity index (χ1v) is 5.59. The lowest BCUT2D eigenvalue weighted by molar-refractivity contribution is 0.469. The van der Waals surface area contributed by atoms with Gasteiger partial charge in [0.15, 0.2) is 0 Å². The zero-order valence-corrected chi connectivity index (χ0v) is 9.16. The van der Waals surface area contributed by atoms with E-state index < -0.39 is 0 Å². The molecule has 0 unspecified atom stereocenters. The van der Waals surface area contributed by atoms with Crippen LogP contribution in [0.25, 0.3) is 0 Å². The van der Waals surface area contributed by atoms with Crippen molar-refractivity contribution in [1.29, 1.82) is 0 Å². The Kier molecular flexibility index (Phi) is 3.11. The number of nitrogens with one attached hydrogen (secondary N) is 1. The van der Waals surface area contributed by atoms with Crippen molar-refractivity contribution in [3.05, 3.63) is 23.8 Å². The molecule has 82 valence electrons. The summed E-state index contributed by atoms with van der Waals surface area (Å²) in [5.74, 6) is 0.413. The van der Waals surface area contributed by atoms with Gasteiger partial charge in [-0.3, -0.25) is 0 Å². The van der Waals surface area contributed by atoms with Gasteiger partial charge >= 0.3 is 0 Å². The third-order valence-corrected chi connectivity index (χ3v) is 2.91. The van der Waals surface area contributed by atoms with Gasteiger partial charge in [0.25, 0.3) is 0 Å². The van der Waals surface area contributed by atoms with E-state index in [2.05, 4.69) is 23.2 Å². The number of rotatable bonds is 2. The fraction of sp³-hybridized carbons (Fsp3) is 0.500. The Bertz CT molecular complexity index is 332. The summed E-state index contributed by atoms with van der Waals surface area (Å²) in [6, 6.07) is 5.79. The van der Waals surface area contributed by atoms with Gasteiger partial charge in [-0.05, 0) is 18.1 Å². The second-order valence-electron chi connectivity index (χ2n) is 3.88. The maximum absolute atomic E-state index is 9.91. The van der Waals surface area contributed by atoms with Crippen LogP contribution in [0.2, 0.25) is 0 Å². The van der Waals surface area contributed by atoms with Crippen LogP contribution in [0.1, 0.15) is 12.5 Å². The summed E-state index contributed by atoms with van der Waals surface area (Å²) >= 11 is 0. The van der Waals surface area contributed by atoms with E-state index in [1.54, 1.807) is 6.07 Å². The fourth-order valence-electron chi connectivity index (χ4n) is 2.12. The fourth-order valence-corrected chi connectivity index (χ4v) is 2.12. The van der Waals surface area contributed by atoms with Gasteiger partial charge in [-0.25, -0.2) is 0 Å². The van der Waals surface area contributed by atoms with Gasteiger partial charge in [-0.15, -0.1) is 0 Å². The smallest absolute Gasteiger partial charge is 0.139 e. The quantitative estimate of drug-likeness (QED) is 0.767. The zero-order valence-electron chi connectivity index (χ0n) is 9.16. The molecule has 0 saturated carbocycles. The molecule has 0 spiro atoms. The molecule has 15 heavy (non-hydrogen) atoms. The van der Waals surface area contributed by atoms with Crippen molar-refractivity contribution in [1.82, 2.24) is 5.32 Å². The lowest BCUT2D eigenvalue weighted by Gasteiger charge is -2.31. The molecule has 0 bridgehead atoms. The topological polar surface area (TPSA) is 35.5 Å². The molecule has 3 nitrogen and oxygen atoms in total. The molecule has 2 N–H and O–H groups in total. The highest BCUT2D eigenvalue weighted by Crippen LogP contribution is 2.31. The largest absolute Gasteiger partial charge is 0.506 e. The number of piperazine rings is 1. The van der Waals surface area contributed by atoms with Gasteiger partial charge in [0.1, 0.15) is 5.75 Å². The SMILES string of the molecule is CCc1cccc(O)c1N1CCNCC1. The maximum atomic E-state index is 9.91. The number of hydrogen-bond acceptors (Lipinski definition) is 3. The van der Waals surface area contributed by atoms with Crippen LogP contribution in [0, 0.1) is 0 Å². The van der Waals surface area contributed by atoms with Crippen molar-refractivity contribution in [2.45, 2.75) is 13.3 Å². The minimum atomic E-state index is 0.413. The third kappa shape index (κ3) is 2.07. The number of para-hydroxylation sites is 1. The molecule has 0 radical (unpaired) electrons. The molecule has 0 amide bonds. The van der Waals surface area contributed by atoms with Crippen LogP contribution in [-0.2, 0) is 6.42 Å². The van der Waals surface area contributed by atoms with E-state index in [1.807, 2.05) is 6.07 Å². The monoisotopic (exact) mass is 206 g/mol. The van der Waals surface area contributed by atoms with Gasteiger partial charge in [0.05, 0.1) is 5.69 Å². The van der Waals surface area contributed by atoms with E-state index in [9.17, 15) is 5.11 Å². The molecule has 1 fully saturated rings. The molecule has 3 heteroatoms. The Hall–Kier alpha value is -1.22. The van der Waals surface area contributed by atoms with Crippen molar-refractivity contribution >= 4 is 5.69 Å².